The van der Waals surface area contributed by atoms with E-state index in [1.807, 2.05) is 36.0 Å². The quantitative estimate of drug-likeness (QED) is 0.574. The van der Waals surface area contributed by atoms with E-state index in [4.69, 9.17) is 5.10 Å². The van der Waals surface area contributed by atoms with Crippen LogP contribution in [0.2, 0.25) is 0 Å². The van der Waals surface area contributed by atoms with Crippen LogP contribution in [0.5, 0.6) is 0 Å². The molecular formula is C25H26F3N5O2S. The standard InChI is InChI=1S/C25H26F3N5O2S/c1-32-23(16-6-8-29-9-7-16)13-22(30-32)18-3-2-17-11-20-4-5-21(12-19(17)10-18)24(20)14-33(15-25(26,27)28)36(34,35)31-24/h2-3,6-10,13,20-21,31H,4-5,11-12,14-15H2,1H3/t20-,21+,24-/m1/s1. The molecule has 1 saturated heterocycles. The summed E-state index contributed by atoms with van der Waals surface area (Å²) < 4.78 is 69.9. The number of rotatable bonds is 3. The third-order valence-electron chi connectivity index (χ3n) is 8.06. The monoisotopic (exact) mass is 517 g/mol. The summed E-state index contributed by atoms with van der Waals surface area (Å²) in [6.07, 6.45) is 1.73. The number of alkyl halides is 3. The SMILES string of the molecule is Cn1nc(-c2ccc3c(c2)C[C@@H]2CC[C@H](C3)[C@]23CN(CC(F)(F)F)S(=O)(=O)N3)cc1-c1ccncc1. The van der Waals surface area contributed by atoms with Gasteiger partial charge in [-0.2, -0.15) is 35.7 Å². The van der Waals surface area contributed by atoms with E-state index in [0.717, 1.165) is 46.5 Å². The number of benzene rings is 1. The second-order valence-electron chi connectivity index (χ2n) is 10.2. The van der Waals surface area contributed by atoms with Crippen molar-refractivity contribution in [3.05, 3.63) is 59.9 Å². The van der Waals surface area contributed by atoms with Crippen molar-refractivity contribution >= 4 is 10.2 Å². The topological polar surface area (TPSA) is 80.1 Å². The zero-order valence-electron chi connectivity index (χ0n) is 19.7. The Kier molecular flexibility index (Phi) is 5.33. The number of hydrogen-bond donors (Lipinski definition) is 1. The number of pyridine rings is 1. The normalized spacial score (nSPS) is 27.3. The van der Waals surface area contributed by atoms with Gasteiger partial charge in [0.1, 0.15) is 6.54 Å². The first-order chi connectivity index (χ1) is 17.0. The van der Waals surface area contributed by atoms with Crippen molar-refractivity contribution in [2.75, 3.05) is 13.1 Å². The van der Waals surface area contributed by atoms with E-state index in [2.05, 4.69) is 21.8 Å². The molecule has 0 unspecified atom stereocenters. The van der Waals surface area contributed by atoms with Crippen LogP contribution in [0.15, 0.2) is 48.8 Å². The van der Waals surface area contributed by atoms with Gasteiger partial charge in [0.15, 0.2) is 0 Å². The molecule has 1 N–H and O–H groups in total. The van der Waals surface area contributed by atoms with E-state index in [1.165, 1.54) is 0 Å². The van der Waals surface area contributed by atoms with Crippen LogP contribution >= 0.6 is 0 Å². The Morgan fingerprint density at radius 1 is 1.03 bits per heavy atom. The Morgan fingerprint density at radius 2 is 1.72 bits per heavy atom. The van der Waals surface area contributed by atoms with Crippen molar-refractivity contribution in [2.45, 2.75) is 37.4 Å². The highest BCUT2D eigenvalue weighted by Gasteiger charge is 2.60. The molecular weight excluding hydrogens is 491 g/mol. The van der Waals surface area contributed by atoms with Crippen LogP contribution in [-0.2, 0) is 30.1 Å². The van der Waals surface area contributed by atoms with Gasteiger partial charge in [-0.15, -0.1) is 0 Å². The molecule has 1 aromatic carbocycles. The molecule has 2 aliphatic carbocycles. The fourth-order valence-corrected chi connectivity index (χ4v) is 8.11. The van der Waals surface area contributed by atoms with Crippen LogP contribution in [0.25, 0.3) is 22.5 Å². The van der Waals surface area contributed by atoms with Crippen molar-refractivity contribution in [3.63, 3.8) is 0 Å². The molecule has 3 aliphatic rings. The van der Waals surface area contributed by atoms with Crippen LogP contribution in [0.3, 0.4) is 0 Å². The first kappa shape index (κ1) is 23.6. The molecule has 190 valence electrons. The zero-order chi connectivity index (χ0) is 25.3. The smallest absolute Gasteiger partial charge is 0.267 e. The molecule has 1 saturated carbocycles. The Bertz CT molecular complexity index is 1420. The molecule has 2 bridgehead atoms. The molecule has 2 fully saturated rings. The van der Waals surface area contributed by atoms with Crippen molar-refractivity contribution in [1.82, 2.24) is 23.8 Å². The minimum Gasteiger partial charge on any atom is -0.267 e. The largest absolute Gasteiger partial charge is 0.402 e. The molecule has 0 radical (unpaired) electrons. The Hall–Kier alpha value is -2.76. The number of nitrogens with one attached hydrogen (secondary N) is 1. The summed E-state index contributed by atoms with van der Waals surface area (Å²) in [5, 5.41) is 4.70. The molecule has 11 heteroatoms. The Balaban J connectivity index is 1.31. The summed E-state index contributed by atoms with van der Waals surface area (Å²) in [6, 6.07) is 12.1. The van der Waals surface area contributed by atoms with Gasteiger partial charge in [-0.3, -0.25) is 9.67 Å². The van der Waals surface area contributed by atoms with Gasteiger partial charge in [0.05, 0.1) is 16.9 Å². The van der Waals surface area contributed by atoms with Gasteiger partial charge in [0, 0.05) is 37.1 Å². The molecule has 2 aromatic heterocycles. The first-order valence-electron chi connectivity index (χ1n) is 12.0. The van der Waals surface area contributed by atoms with Crippen LogP contribution in [0, 0.1) is 11.8 Å². The number of fused-ring (bicyclic) bond motifs is 1. The van der Waals surface area contributed by atoms with E-state index in [0.29, 0.717) is 17.1 Å². The third kappa shape index (κ3) is 3.93. The van der Waals surface area contributed by atoms with E-state index in [-0.39, 0.29) is 18.4 Å². The fourth-order valence-electron chi connectivity index (χ4n) is 6.41. The Labute approximate surface area is 207 Å². The van der Waals surface area contributed by atoms with Crippen molar-refractivity contribution in [1.29, 1.82) is 0 Å². The minimum atomic E-state index is -4.58. The van der Waals surface area contributed by atoms with Gasteiger partial charge in [-0.25, -0.2) is 0 Å². The highest BCUT2D eigenvalue weighted by molar-refractivity contribution is 7.87. The second-order valence-corrected chi connectivity index (χ2v) is 11.8. The summed E-state index contributed by atoms with van der Waals surface area (Å²) in [5.41, 5.74) is 5.13. The van der Waals surface area contributed by atoms with Crippen molar-refractivity contribution in [2.24, 2.45) is 18.9 Å². The fraction of sp³-hybridized carbons (Fsp3) is 0.440. The minimum absolute atomic E-state index is 0.0456. The number of hydrogen-bond acceptors (Lipinski definition) is 4. The average Bonchev–Trinajstić information content (AvgIpc) is 3.38. The van der Waals surface area contributed by atoms with E-state index in [1.54, 1.807) is 12.4 Å². The molecule has 3 atom stereocenters. The van der Waals surface area contributed by atoms with E-state index < -0.39 is 28.5 Å². The van der Waals surface area contributed by atoms with Gasteiger partial charge in [-0.05, 0) is 72.9 Å². The predicted molar refractivity (Wildman–Crippen MR) is 128 cm³/mol. The average molecular weight is 518 g/mol. The lowest BCUT2D eigenvalue weighted by Gasteiger charge is -2.33. The molecule has 7 nitrogen and oxygen atoms in total. The van der Waals surface area contributed by atoms with Gasteiger partial charge in [-0.1, -0.05) is 12.1 Å². The number of aryl methyl sites for hydroxylation is 1. The lowest BCUT2D eigenvalue weighted by molar-refractivity contribution is -0.136. The molecule has 1 spiro atoms. The maximum atomic E-state index is 13.1. The van der Waals surface area contributed by atoms with E-state index >= 15 is 0 Å². The highest BCUT2D eigenvalue weighted by atomic mass is 32.2. The van der Waals surface area contributed by atoms with Gasteiger partial charge >= 0.3 is 6.18 Å². The second kappa shape index (κ2) is 8.12. The predicted octanol–water partition coefficient (Wildman–Crippen LogP) is 3.73. The summed E-state index contributed by atoms with van der Waals surface area (Å²) in [7, 11) is -2.30. The number of aromatic nitrogens is 3. The van der Waals surface area contributed by atoms with Crippen LogP contribution in [-0.4, -0.2) is 52.3 Å². The molecule has 3 heterocycles. The third-order valence-corrected chi connectivity index (χ3v) is 9.64. The van der Waals surface area contributed by atoms with Crippen LogP contribution in [0.4, 0.5) is 13.2 Å². The summed E-state index contributed by atoms with van der Waals surface area (Å²) in [6.45, 7) is -1.60. The first-order valence-corrected chi connectivity index (χ1v) is 13.4. The van der Waals surface area contributed by atoms with Crippen molar-refractivity contribution < 1.29 is 21.6 Å². The molecule has 36 heavy (non-hydrogen) atoms. The number of halogens is 3. The van der Waals surface area contributed by atoms with Gasteiger partial charge < -0.3 is 0 Å². The van der Waals surface area contributed by atoms with E-state index in [9.17, 15) is 21.6 Å². The van der Waals surface area contributed by atoms with Gasteiger partial charge in [0.2, 0.25) is 0 Å². The van der Waals surface area contributed by atoms with Crippen LogP contribution in [0.1, 0.15) is 24.0 Å². The molecule has 6 rings (SSSR count). The molecule has 3 aromatic rings. The maximum Gasteiger partial charge on any atom is 0.402 e. The zero-order valence-corrected chi connectivity index (χ0v) is 20.5. The summed E-state index contributed by atoms with van der Waals surface area (Å²) >= 11 is 0. The maximum absolute atomic E-state index is 13.1. The lowest BCUT2D eigenvalue weighted by Crippen LogP contribution is -2.52. The number of nitrogens with zero attached hydrogens (tertiary/aromatic N) is 4. The molecule has 1 aliphatic heterocycles. The van der Waals surface area contributed by atoms with Gasteiger partial charge in [0.25, 0.3) is 10.2 Å². The Morgan fingerprint density at radius 3 is 2.42 bits per heavy atom. The van der Waals surface area contributed by atoms with Crippen molar-refractivity contribution in [3.8, 4) is 22.5 Å². The highest BCUT2D eigenvalue weighted by Crippen LogP contribution is 2.50. The summed E-state index contributed by atoms with van der Waals surface area (Å²) in [5.74, 6) is -0.112. The molecule has 0 amide bonds. The summed E-state index contributed by atoms with van der Waals surface area (Å²) in [4.78, 5) is 4.07. The van der Waals surface area contributed by atoms with Crippen LogP contribution < -0.4 is 4.72 Å². The lowest BCUT2D eigenvalue weighted by atomic mass is 9.79.